The molecule has 5 nitrogen and oxygen atoms in total. The van der Waals surface area contributed by atoms with Gasteiger partial charge in [-0.25, -0.2) is 0 Å². The van der Waals surface area contributed by atoms with Gasteiger partial charge < -0.3 is 9.42 Å². The Bertz CT molecular complexity index is 714. The van der Waals surface area contributed by atoms with Crippen molar-refractivity contribution in [1.82, 2.24) is 15.0 Å². The van der Waals surface area contributed by atoms with Crippen molar-refractivity contribution < 1.29 is 9.32 Å². The summed E-state index contributed by atoms with van der Waals surface area (Å²) >= 11 is 6.02. The highest BCUT2D eigenvalue weighted by molar-refractivity contribution is 6.30. The van der Waals surface area contributed by atoms with Crippen molar-refractivity contribution in [2.24, 2.45) is 5.92 Å². The number of hydrogen-bond acceptors (Lipinski definition) is 4. The largest absolute Gasteiger partial charge is 0.342 e. The lowest BCUT2D eigenvalue weighted by atomic mass is 9.97. The Morgan fingerprint density at radius 3 is 3.04 bits per heavy atom. The van der Waals surface area contributed by atoms with Crippen molar-refractivity contribution in [3.63, 3.8) is 0 Å². The molecule has 2 aromatic rings. The molecule has 6 heteroatoms. The molecular formula is C18H22ClN3O2. The van der Waals surface area contributed by atoms with Crippen LogP contribution in [0.25, 0.3) is 11.4 Å². The summed E-state index contributed by atoms with van der Waals surface area (Å²) < 4.78 is 5.47. The zero-order valence-corrected chi connectivity index (χ0v) is 14.8. The molecule has 1 atom stereocenters. The molecule has 1 aromatic carbocycles. The Kier molecular flexibility index (Phi) is 5.19. The number of nitrogens with zero attached hydrogens (tertiary/aromatic N) is 3. The molecule has 0 N–H and O–H groups in total. The van der Waals surface area contributed by atoms with Crippen LogP contribution in [-0.4, -0.2) is 34.0 Å². The van der Waals surface area contributed by atoms with Gasteiger partial charge in [-0.3, -0.25) is 4.79 Å². The number of hydrogen-bond donors (Lipinski definition) is 0. The van der Waals surface area contributed by atoms with Gasteiger partial charge in [0.2, 0.25) is 17.6 Å². The predicted octanol–water partition coefficient (Wildman–Crippen LogP) is 4.14. The zero-order valence-electron chi connectivity index (χ0n) is 14.0. The van der Waals surface area contributed by atoms with Crippen molar-refractivity contribution in [1.29, 1.82) is 0 Å². The molecule has 0 aliphatic carbocycles. The fraction of sp³-hybridized carbons (Fsp3) is 0.500. The highest BCUT2D eigenvalue weighted by atomic mass is 35.5. The van der Waals surface area contributed by atoms with Crippen LogP contribution >= 0.6 is 11.6 Å². The van der Waals surface area contributed by atoms with Crippen molar-refractivity contribution in [2.75, 3.05) is 13.1 Å². The summed E-state index contributed by atoms with van der Waals surface area (Å²) in [4.78, 5) is 18.7. The van der Waals surface area contributed by atoms with Crippen molar-refractivity contribution >= 4 is 17.5 Å². The maximum atomic E-state index is 12.3. The third kappa shape index (κ3) is 3.96. The van der Waals surface area contributed by atoms with Gasteiger partial charge in [0, 0.05) is 30.1 Å². The first-order valence-electron chi connectivity index (χ1n) is 8.40. The number of benzene rings is 1. The van der Waals surface area contributed by atoms with Crippen LogP contribution in [0.2, 0.25) is 5.02 Å². The Morgan fingerprint density at radius 1 is 1.46 bits per heavy atom. The topological polar surface area (TPSA) is 59.2 Å². The highest BCUT2D eigenvalue weighted by Crippen LogP contribution is 2.28. The van der Waals surface area contributed by atoms with Crippen LogP contribution in [0.5, 0.6) is 0 Å². The van der Waals surface area contributed by atoms with Gasteiger partial charge in [-0.2, -0.15) is 4.98 Å². The summed E-state index contributed by atoms with van der Waals surface area (Å²) in [5.74, 6) is 1.83. The third-order valence-corrected chi connectivity index (χ3v) is 4.47. The van der Waals surface area contributed by atoms with Crippen molar-refractivity contribution in [3.8, 4) is 11.4 Å². The summed E-state index contributed by atoms with van der Waals surface area (Å²) in [5.41, 5.74) is 0.834. The SMILES string of the molecule is CC(C)CC(=O)N1CCCC(c2nc(-c3cccc(Cl)c3)no2)C1. The molecule has 1 aromatic heterocycles. The lowest BCUT2D eigenvalue weighted by Crippen LogP contribution is -2.39. The fourth-order valence-electron chi connectivity index (χ4n) is 3.03. The summed E-state index contributed by atoms with van der Waals surface area (Å²) in [7, 11) is 0. The van der Waals surface area contributed by atoms with Gasteiger partial charge in [-0.05, 0) is 30.9 Å². The van der Waals surface area contributed by atoms with E-state index in [-0.39, 0.29) is 11.8 Å². The van der Waals surface area contributed by atoms with Gasteiger partial charge in [-0.15, -0.1) is 0 Å². The summed E-state index contributed by atoms with van der Waals surface area (Å²) in [6.07, 6.45) is 2.51. The molecule has 0 radical (unpaired) electrons. The number of rotatable bonds is 4. The molecule has 1 saturated heterocycles. The minimum absolute atomic E-state index is 0.107. The van der Waals surface area contributed by atoms with Crippen LogP contribution in [0.1, 0.15) is 44.9 Å². The molecule has 1 unspecified atom stereocenters. The van der Waals surface area contributed by atoms with E-state index >= 15 is 0 Å². The Hall–Kier alpha value is -1.88. The van der Waals surface area contributed by atoms with Gasteiger partial charge in [0.05, 0.1) is 5.92 Å². The maximum Gasteiger partial charge on any atom is 0.231 e. The number of likely N-dealkylation sites (tertiary alicyclic amines) is 1. The Balaban J connectivity index is 1.71. The molecule has 1 amide bonds. The van der Waals surface area contributed by atoms with Crippen LogP contribution in [-0.2, 0) is 4.79 Å². The van der Waals surface area contributed by atoms with Crippen LogP contribution in [0.15, 0.2) is 28.8 Å². The fourth-order valence-corrected chi connectivity index (χ4v) is 3.22. The molecule has 128 valence electrons. The number of carbonyl (C=O) groups excluding carboxylic acids is 1. The first kappa shape index (κ1) is 17.0. The van der Waals surface area contributed by atoms with Crippen molar-refractivity contribution in [2.45, 2.75) is 39.0 Å². The third-order valence-electron chi connectivity index (χ3n) is 4.23. The number of aromatic nitrogens is 2. The highest BCUT2D eigenvalue weighted by Gasteiger charge is 2.28. The smallest absolute Gasteiger partial charge is 0.231 e. The van der Waals surface area contributed by atoms with Gasteiger partial charge >= 0.3 is 0 Å². The number of carbonyl (C=O) groups is 1. The molecule has 1 aliphatic rings. The summed E-state index contributed by atoms with van der Waals surface area (Å²) in [5, 5.41) is 4.71. The average Bonchev–Trinajstić information content (AvgIpc) is 3.04. The van der Waals surface area contributed by atoms with E-state index in [1.54, 1.807) is 0 Å². The van der Waals surface area contributed by atoms with Crippen LogP contribution in [0, 0.1) is 5.92 Å². The van der Waals surface area contributed by atoms with Crippen molar-refractivity contribution in [3.05, 3.63) is 35.2 Å². The van der Waals surface area contributed by atoms with E-state index in [0.29, 0.717) is 35.6 Å². The molecule has 0 saturated carbocycles. The Labute approximate surface area is 147 Å². The standard InChI is InChI=1S/C18H22ClN3O2/c1-12(2)9-16(23)22-8-4-6-14(11-22)18-20-17(21-24-18)13-5-3-7-15(19)10-13/h3,5,7,10,12,14H,4,6,8-9,11H2,1-2H3. The van der Waals surface area contributed by atoms with Gasteiger partial charge in [-0.1, -0.05) is 42.7 Å². The van der Waals surface area contributed by atoms with E-state index in [1.165, 1.54) is 0 Å². The van der Waals surface area contributed by atoms with Gasteiger partial charge in [0.15, 0.2) is 0 Å². The van der Waals surface area contributed by atoms with E-state index in [1.807, 2.05) is 29.2 Å². The molecule has 3 rings (SSSR count). The number of halogens is 1. The van der Waals surface area contributed by atoms with E-state index in [9.17, 15) is 4.79 Å². The minimum atomic E-state index is 0.107. The van der Waals surface area contributed by atoms with Crippen LogP contribution in [0.3, 0.4) is 0 Å². The minimum Gasteiger partial charge on any atom is -0.342 e. The Morgan fingerprint density at radius 2 is 2.29 bits per heavy atom. The summed E-state index contributed by atoms with van der Waals surface area (Å²) in [6, 6.07) is 7.39. The molecular weight excluding hydrogens is 326 g/mol. The number of piperidine rings is 1. The lowest BCUT2D eigenvalue weighted by Gasteiger charge is -2.31. The van der Waals surface area contributed by atoms with E-state index in [2.05, 4.69) is 24.0 Å². The molecule has 24 heavy (non-hydrogen) atoms. The second-order valence-electron chi connectivity index (χ2n) is 6.74. The van der Waals surface area contributed by atoms with Crippen LogP contribution < -0.4 is 0 Å². The van der Waals surface area contributed by atoms with E-state index in [4.69, 9.17) is 16.1 Å². The molecule has 2 heterocycles. The molecule has 1 fully saturated rings. The van der Waals surface area contributed by atoms with Gasteiger partial charge in [0.25, 0.3) is 0 Å². The predicted molar refractivity (Wildman–Crippen MR) is 92.8 cm³/mol. The first-order valence-corrected chi connectivity index (χ1v) is 8.78. The second kappa shape index (κ2) is 7.34. The summed E-state index contributed by atoms with van der Waals surface area (Å²) in [6.45, 7) is 5.60. The second-order valence-corrected chi connectivity index (χ2v) is 7.18. The monoisotopic (exact) mass is 347 g/mol. The quantitative estimate of drug-likeness (QED) is 0.833. The lowest BCUT2D eigenvalue weighted by molar-refractivity contribution is -0.133. The first-order chi connectivity index (χ1) is 11.5. The normalized spacial score (nSPS) is 18.2. The van der Waals surface area contributed by atoms with E-state index in [0.717, 1.165) is 24.9 Å². The molecule has 0 bridgehead atoms. The molecule has 1 aliphatic heterocycles. The van der Waals surface area contributed by atoms with E-state index < -0.39 is 0 Å². The maximum absolute atomic E-state index is 12.3. The molecule has 0 spiro atoms. The van der Waals surface area contributed by atoms with Crippen LogP contribution in [0.4, 0.5) is 0 Å². The average molecular weight is 348 g/mol. The van der Waals surface area contributed by atoms with Gasteiger partial charge in [0.1, 0.15) is 0 Å². The zero-order chi connectivity index (χ0) is 17.1. The number of amides is 1.